The van der Waals surface area contributed by atoms with Gasteiger partial charge in [-0.2, -0.15) is 0 Å². The first-order valence-corrected chi connectivity index (χ1v) is 6.09. The summed E-state index contributed by atoms with van der Waals surface area (Å²) in [5, 5.41) is 0. The molecule has 1 rings (SSSR count). The molecule has 0 unspecified atom stereocenters. The highest BCUT2D eigenvalue weighted by Crippen LogP contribution is 2.17. The first kappa shape index (κ1) is 14.7. The summed E-state index contributed by atoms with van der Waals surface area (Å²) >= 11 is 0. The van der Waals surface area contributed by atoms with Gasteiger partial charge < -0.3 is 20.1 Å². The Labute approximate surface area is 108 Å². The van der Waals surface area contributed by atoms with E-state index < -0.39 is 0 Å². The van der Waals surface area contributed by atoms with Crippen molar-refractivity contribution >= 4 is 5.82 Å². The normalized spacial score (nSPS) is 10.7. The van der Waals surface area contributed by atoms with Gasteiger partial charge in [0.1, 0.15) is 12.1 Å². The molecule has 0 saturated heterocycles. The van der Waals surface area contributed by atoms with Crippen molar-refractivity contribution in [2.75, 3.05) is 38.3 Å². The zero-order valence-corrected chi connectivity index (χ0v) is 11.3. The molecule has 0 radical (unpaired) electrons. The zero-order valence-electron chi connectivity index (χ0n) is 11.3. The van der Waals surface area contributed by atoms with Crippen LogP contribution >= 0.6 is 0 Å². The third-order valence-electron chi connectivity index (χ3n) is 2.49. The van der Waals surface area contributed by atoms with E-state index in [2.05, 4.69) is 28.7 Å². The van der Waals surface area contributed by atoms with Crippen molar-refractivity contribution in [3.63, 3.8) is 0 Å². The topological polar surface area (TPSA) is 73.5 Å². The third-order valence-corrected chi connectivity index (χ3v) is 2.49. The van der Waals surface area contributed by atoms with E-state index >= 15 is 0 Å². The lowest BCUT2D eigenvalue weighted by atomic mass is 10.3. The van der Waals surface area contributed by atoms with Crippen molar-refractivity contribution < 1.29 is 9.47 Å². The summed E-state index contributed by atoms with van der Waals surface area (Å²) in [4.78, 5) is 10.4. The Morgan fingerprint density at radius 1 is 1.33 bits per heavy atom. The molecule has 1 heterocycles. The van der Waals surface area contributed by atoms with Gasteiger partial charge in [-0.15, -0.1) is 0 Å². The Morgan fingerprint density at radius 2 is 2.11 bits per heavy atom. The highest BCUT2D eigenvalue weighted by Gasteiger charge is 2.12. The molecular weight excluding hydrogens is 232 g/mol. The zero-order chi connectivity index (χ0) is 13.4. The maximum Gasteiger partial charge on any atom is 0.218 e. The van der Waals surface area contributed by atoms with Crippen LogP contribution in [-0.2, 0) is 4.74 Å². The molecule has 0 spiro atoms. The number of hydrogen-bond donors (Lipinski definition) is 1. The van der Waals surface area contributed by atoms with Crippen LogP contribution < -0.4 is 15.4 Å². The Balaban J connectivity index is 2.65. The molecule has 102 valence electrons. The van der Waals surface area contributed by atoms with Crippen molar-refractivity contribution in [2.24, 2.45) is 5.73 Å². The molecular formula is C12H22N4O2. The SMILES string of the molecule is COc1cc(N(CCOCCN)C(C)C)ncn1. The highest BCUT2D eigenvalue weighted by molar-refractivity contribution is 5.41. The van der Waals surface area contributed by atoms with Gasteiger partial charge in [0.2, 0.25) is 5.88 Å². The number of nitrogens with two attached hydrogens (primary N) is 1. The molecule has 1 aromatic heterocycles. The second-order valence-corrected chi connectivity index (χ2v) is 4.11. The average molecular weight is 254 g/mol. The molecule has 1 aromatic rings. The fraction of sp³-hybridized carbons (Fsp3) is 0.667. The molecule has 0 aromatic carbocycles. The standard InChI is InChI=1S/C12H22N4O2/c1-10(2)16(5-7-18-6-4-13)11-8-12(17-3)15-9-14-11/h8-10H,4-7,13H2,1-3H3. The van der Waals surface area contributed by atoms with Crippen molar-refractivity contribution in [2.45, 2.75) is 19.9 Å². The van der Waals surface area contributed by atoms with Crippen molar-refractivity contribution in [3.05, 3.63) is 12.4 Å². The lowest BCUT2D eigenvalue weighted by Gasteiger charge is -2.27. The largest absolute Gasteiger partial charge is 0.481 e. The Kier molecular flexibility index (Phi) is 6.38. The van der Waals surface area contributed by atoms with Crippen molar-refractivity contribution in [1.82, 2.24) is 9.97 Å². The van der Waals surface area contributed by atoms with Gasteiger partial charge in [0.05, 0.1) is 20.3 Å². The van der Waals surface area contributed by atoms with E-state index in [0.29, 0.717) is 31.7 Å². The van der Waals surface area contributed by atoms with Crippen LogP contribution in [0.2, 0.25) is 0 Å². The molecule has 0 atom stereocenters. The molecule has 0 bridgehead atoms. The number of anilines is 1. The van der Waals surface area contributed by atoms with Gasteiger partial charge in [-0.25, -0.2) is 9.97 Å². The number of rotatable bonds is 8. The van der Waals surface area contributed by atoms with E-state index in [9.17, 15) is 0 Å². The van der Waals surface area contributed by atoms with Gasteiger partial charge in [-0.05, 0) is 13.8 Å². The second kappa shape index (κ2) is 7.84. The maximum absolute atomic E-state index is 5.40. The lowest BCUT2D eigenvalue weighted by Crippen LogP contribution is -2.35. The van der Waals surface area contributed by atoms with Gasteiger partial charge >= 0.3 is 0 Å². The van der Waals surface area contributed by atoms with Crippen LogP contribution in [0, 0.1) is 0 Å². The predicted octanol–water partition coefficient (Wildman–Crippen LogP) is 0.675. The van der Waals surface area contributed by atoms with E-state index in [4.69, 9.17) is 15.2 Å². The minimum Gasteiger partial charge on any atom is -0.481 e. The molecule has 2 N–H and O–H groups in total. The first-order valence-electron chi connectivity index (χ1n) is 6.09. The van der Waals surface area contributed by atoms with Crippen LogP contribution in [0.25, 0.3) is 0 Å². The van der Waals surface area contributed by atoms with Crippen LogP contribution in [-0.4, -0.2) is 49.4 Å². The molecule has 6 heteroatoms. The molecule has 0 saturated carbocycles. The van der Waals surface area contributed by atoms with E-state index in [1.165, 1.54) is 6.33 Å². The van der Waals surface area contributed by atoms with Crippen molar-refractivity contribution in [3.8, 4) is 5.88 Å². The van der Waals surface area contributed by atoms with Gasteiger partial charge in [0.25, 0.3) is 0 Å². The van der Waals surface area contributed by atoms with Gasteiger partial charge in [0.15, 0.2) is 0 Å². The quantitative estimate of drug-likeness (QED) is 0.688. The van der Waals surface area contributed by atoms with Gasteiger partial charge in [-0.3, -0.25) is 0 Å². The lowest BCUT2D eigenvalue weighted by molar-refractivity contribution is 0.146. The van der Waals surface area contributed by atoms with E-state index in [-0.39, 0.29) is 0 Å². The summed E-state index contributed by atoms with van der Waals surface area (Å²) in [7, 11) is 1.59. The number of hydrogen-bond acceptors (Lipinski definition) is 6. The number of ether oxygens (including phenoxy) is 2. The fourth-order valence-electron chi connectivity index (χ4n) is 1.58. The minimum absolute atomic E-state index is 0.325. The molecule has 0 aliphatic rings. The van der Waals surface area contributed by atoms with Gasteiger partial charge in [0, 0.05) is 25.2 Å². The Hall–Kier alpha value is -1.40. The second-order valence-electron chi connectivity index (χ2n) is 4.11. The van der Waals surface area contributed by atoms with Gasteiger partial charge in [-0.1, -0.05) is 0 Å². The number of aromatic nitrogens is 2. The predicted molar refractivity (Wildman–Crippen MR) is 70.9 cm³/mol. The Bertz CT molecular complexity index is 347. The molecule has 0 aliphatic heterocycles. The average Bonchev–Trinajstić information content (AvgIpc) is 2.38. The molecule has 6 nitrogen and oxygen atoms in total. The van der Waals surface area contributed by atoms with Crippen LogP contribution in [0.4, 0.5) is 5.82 Å². The van der Waals surface area contributed by atoms with Crippen LogP contribution in [0.5, 0.6) is 5.88 Å². The summed E-state index contributed by atoms with van der Waals surface area (Å²) in [5.41, 5.74) is 5.38. The monoisotopic (exact) mass is 254 g/mol. The summed E-state index contributed by atoms with van der Waals surface area (Å²) in [6.07, 6.45) is 1.50. The summed E-state index contributed by atoms with van der Waals surface area (Å²) < 4.78 is 10.5. The summed E-state index contributed by atoms with van der Waals surface area (Å²) in [5.74, 6) is 1.40. The minimum atomic E-state index is 0.325. The maximum atomic E-state index is 5.40. The van der Waals surface area contributed by atoms with Crippen LogP contribution in [0.15, 0.2) is 12.4 Å². The fourth-order valence-corrected chi connectivity index (χ4v) is 1.58. The molecule has 0 aliphatic carbocycles. The van der Waals surface area contributed by atoms with Crippen molar-refractivity contribution in [1.29, 1.82) is 0 Å². The smallest absolute Gasteiger partial charge is 0.218 e. The number of methoxy groups -OCH3 is 1. The summed E-state index contributed by atoms with van der Waals surface area (Å²) in [6.45, 7) is 6.73. The third kappa shape index (κ3) is 4.46. The molecule has 0 amide bonds. The molecule has 18 heavy (non-hydrogen) atoms. The Morgan fingerprint density at radius 3 is 2.72 bits per heavy atom. The highest BCUT2D eigenvalue weighted by atomic mass is 16.5. The van der Waals surface area contributed by atoms with E-state index in [0.717, 1.165) is 12.4 Å². The van der Waals surface area contributed by atoms with Crippen LogP contribution in [0.3, 0.4) is 0 Å². The van der Waals surface area contributed by atoms with E-state index in [1.807, 2.05) is 6.07 Å². The summed E-state index contributed by atoms with van der Waals surface area (Å²) in [6, 6.07) is 2.15. The van der Waals surface area contributed by atoms with E-state index in [1.54, 1.807) is 7.11 Å². The molecule has 0 fully saturated rings. The van der Waals surface area contributed by atoms with Crippen LogP contribution in [0.1, 0.15) is 13.8 Å². The first-order chi connectivity index (χ1) is 8.69. The number of nitrogens with zero attached hydrogens (tertiary/aromatic N) is 3.